The molecule has 2 rings (SSSR count). The van der Waals surface area contributed by atoms with Crippen LogP contribution in [0, 0.1) is 5.82 Å². The number of nitrogens with one attached hydrogen (secondary N) is 1. The highest BCUT2D eigenvalue weighted by molar-refractivity contribution is 9.10. The first-order valence-electron chi connectivity index (χ1n) is 6.10. The monoisotopic (exact) mass is 340 g/mol. The van der Waals surface area contributed by atoms with Gasteiger partial charge >= 0.3 is 0 Å². The van der Waals surface area contributed by atoms with Gasteiger partial charge in [-0.2, -0.15) is 0 Å². The highest BCUT2D eigenvalue weighted by atomic mass is 79.9. The van der Waals surface area contributed by atoms with Gasteiger partial charge in [-0.05, 0) is 47.1 Å². The topological polar surface area (TPSA) is 75.0 Å². The summed E-state index contributed by atoms with van der Waals surface area (Å²) in [6, 6.07) is 6.13. The van der Waals surface area contributed by atoms with Crippen LogP contribution in [0.3, 0.4) is 0 Å². The second-order valence-electron chi connectivity index (χ2n) is 4.14. The van der Waals surface area contributed by atoms with Crippen molar-refractivity contribution in [1.82, 2.24) is 9.97 Å². The molecule has 0 aliphatic rings. The largest absolute Gasteiger partial charge is 0.330 e. The predicted molar refractivity (Wildman–Crippen MR) is 79.6 cm³/mol. The number of aromatic nitrogens is 2. The van der Waals surface area contributed by atoms with Gasteiger partial charge in [0.25, 0.3) is 5.56 Å². The highest BCUT2D eigenvalue weighted by Gasteiger charge is 2.16. The lowest BCUT2D eigenvalue weighted by molar-refractivity contribution is 0.627. The van der Waals surface area contributed by atoms with Crippen LogP contribution < -0.4 is 16.2 Å². The summed E-state index contributed by atoms with van der Waals surface area (Å²) in [4.78, 5) is 20.0. The van der Waals surface area contributed by atoms with Crippen LogP contribution in [0.2, 0.25) is 0 Å². The molecule has 2 aromatic rings. The molecule has 20 heavy (non-hydrogen) atoms. The van der Waals surface area contributed by atoms with Gasteiger partial charge in [0.1, 0.15) is 10.3 Å². The third kappa shape index (κ3) is 3.23. The number of halogens is 2. The third-order valence-electron chi connectivity index (χ3n) is 2.74. The molecule has 0 saturated carbocycles. The number of H-pyrrole nitrogens is 1. The van der Waals surface area contributed by atoms with E-state index in [1.165, 1.54) is 18.5 Å². The van der Waals surface area contributed by atoms with Crippen molar-refractivity contribution in [1.29, 1.82) is 0 Å². The molecule has 106 valence electrons. The van der Waals surface area contributed by atoms with Gasteiger partial charge in [0, 0.05) is 12.2 Å². The average molecular weight is 341 g/mol. The highest BCUT2D eigenvalue weighted by Crippen LogP contribution is 2.28. The fourth-order valence-electron chi connectivity index (χ4n) is 1.81. The Morgan fingerprint density at radius 1 is 1.45 bits per heavy atom. The summed E-state index contributed by atoms with van der Waals surface area (Å²) in [6.07, 6.45) is 2.01. The van der Waals surface area contributed by atoms with Crippen molar-refractivity contribution in [2.24, 2.45) is 5.73 Å². The van der Waals surface area contributed by atoms with Gasteiger partial charge < -0.3 is 15.6 Å². The SMILES string of the molecule is NCCCN(c1cccc(F)c1)c1nc[nH]c(=O)c1Br. The molecule has 0 atom stereocenters. The molecule has 0 aliphatic carbocycles. The smallest absolute Gasteiger partial charge is 0.267 e. The van der Waals surface area contributed by atoms with Crippen molar-refractivity contribution in [3.63, 3.8) is 0 Å². The van der Waals surface area contributed by atoms with Crippen LogP contribution in [0.4, 0.5) is 15.9 Å². The first-order valence-corrected chi connectivity index (χ1v) is 6.89. The van der Waals surface area contributed by atoms with E-state index in [2.05, 4.69) is 25.9 Å². The lowest BCUT2D eigenvalue weighted by Crippen LogP contribution is -2.24. The Kier molecular flexibility index (Phi) is 4.86. The quantitative estimate of drug-likeness (QED) is 0.874. The van der Waals surface area contributed by atoms with E-state index in [9.17, 15) is 9.18 Å². The first-order chi connectivity index (χ1) is 9.63. The summed E-state index contributed by atoms with van der Waals surface area (Å²) in [7, 11) is 0. The standard InChI is InChI=1S/C13H14BrFN4O/c14-11-12(17-8-18-13(11)20)19(6-2-5-16)10-4-1-3-9(15)7-10/h1,3-4,7-8H,2,5-6,16H2,(H,17,18,20). The number of nitrogens with zero attached hydrogens (tertiary/aromatic N) is 2. The van der Waals surface area contributed by atoms with Gasteiger partial charge in [-0.1, -0.05) is 6.07 Å². The van der Waals surface area contributed by atoms with E-state index in [4.69, 9.17) is 5.73 Å². The van der Waals surface area contributed by atoms with Crippen LogP contribution in [0.5, 0.6) is 0 Å². The Morgan fingerprint density at radius 3 is 2.95 bits per heavy atom. The number of rotatable bonds is 5. The fourth-order valence-corrected chi connectivity index (χ4v) is 2.24. The molecule has 0 bridgehead atoms. The average Bonchev–Trinajstić information content (AvgIpc) is 2.44. The van der Waals surface area contributed by atoms with E-state index in [1.54, 1.807) is 17.0 Å². The minimum atomic E-state index is -0.346. The molecular formula is C13H14BrFN4O. The second-order valence-corrected chi connectivity index (χ2v) is 4.94. The van der Waals surface area contributed by atoms with Crippen LogP contribution in [-0.4, -0.2) is 23.1 Å². The molecule has 0 amide bonds. The van der Waals surface area contributed by atoms with Crippen LogP contribution in [-0.2, 0) is 0 Å². The first kappa shape index (κ1) is 14.7. The molecule has 0 unspecified atom stereocenters. The number of anilines is 2. The Balaban J connectivity index is 2.47. The maximum absolute atomic E-state index is 13.4. The van der Waals surface area contributed by atoms with Crippen molar-refractivity contribution < 1.29 is 4.39 Å². The number of nitrogens with two attached hydrogens (primary N) is 1. The van der Waals surface area contributed by atoms with Gasteiger partial charge in [0.05, 0.1) is 6.33 Å². The Labute approximate surface area is 123 Å². The van der Waals surface area contributed by atoms with Crippen molar-refractivity contribution in [3.8, 4) is 0 Å². The maximum Gasteiger partial charge on any atom is 0.267 e. The van der Waals surface area contributed by atoms with Gasteiger partial charge in [-0.25, -0.2) is 9.37 Å². The Hall–Kier alpha value is -1.73. The zero-order valence-corrected chi connectivity index (χ0v) is 12.2. The van der Waals surface area contributed by atoms with Crippen molar-refractivity contribution in [2.45, 2.75) is 6.42 Å². The van der Waals surface area contributed by atoms with Crippen LogP contribution in [0.15, 0.2) is 39.9 Å². The normalized spacial score (nSPS) is 10.6. The van der Waals surface area contributed by atoms with E-state index in [1.807, 2.05) is 0 Å². The van der Waals surface area contributed by atoms with Crippen molar-refractivity contribution in [2.75, 3.05) is 18.0 Å². The molecule has 0 saturated heterocycles. The Bertz CT molecular complexity index is 646. The van der Waals surface area contributed by atoms with Gasteiger partial charge in [-0.15, -0.1) is 0 Å². The van der Waals surface area contributed by atoms with Crippen LogP contribution in [0.1, 0.15) is 6.42 Å². The minimum absolute atomic E-state index is 0.288. The van der Waals surface area contributed by atoms with Gasteiger partial charge in [0.2, 0.25) is 0 Å². The zero-order chi connectivity index (χ0) is 14.5. The summed E-state index contributed by atoms with van der Waals surface area (Å²) in [5, 5.41) is 0. The van der Waals surface area contributed by atoms with E-state index in [0.717, 1.165) is 0 Å². The zero-order valence-electron chi connectivity index (χ0n) is 10.6. The number of hydrogen-bond donors (Lipinski definition) is 2. The maximum atomic E-state index is 13.4. The molecule has 1 aromatic carbocycles. The lowest BCUT2D eigenvalue weighted by Gasteiger charge is -2.24. The molecule has 0 spiro atoms. The summed E-state index contributed by atoms with van der Waals surface area (Å²) >= 11 is 3.22. The van der Waals surface area contributed by atoms with E-state index in [-0.39, 0.29) is 11.4 Å². The molecule has 0 fully saturated rings. The molecule has 1 heterocycles. The predicted octanol–water partition coefficient (Wildman–Crippen LogP) is 2.16. The number of hydrogen-bond acceptors (Lipinski definition) is 4. The molecule has 3 N–H and O–H groups in total. The lowest BCUT2D eigenvalue weighted by atomic mass is 10.2. The molecule has 0 aliphatic heterocycles. The Morgan fingerprint density at radius 2 is 2.25 bits per heavy atom. The summed E-state index contributed by atoms with van der Waals surface area (Å²) < 4.78 is 13.7. The van der Waals surface area contributed by atoms with Crippen LogP contribution >= 0.6 is 15.9 Å². The fraction of sp³-hybridized carbons (Fsp3) is 0.231. The summed E-state index contributed by atoms with van der Waals surface area (Å²) in [6.45, 7) is 1.03. The molecule has 5 nitrogen and oxygen atoms in total. The van der Waals surface area contributed by atoms with Crippen LogP contribution in [0.25, 0.3) is 0 Å². The number of aromatic amines is 1. The minimum Gasteiger partial charge on any atom is -0.330 e. The van der Waals surface area contributed by atoms with Crippen molar-refractivity contribution in [3.05, 3.63) is 51.2 Å². The second kappa shape index (κ2) is 6.62. The number of benzene rings is 1. The van der Waals surface area contributed by atoms with E-state index >= 15 is 0 Å². The molecule has 0 radical (unpaired) electrons. The van der Waals surface area contributed by atoms with Gasteiger partial charge in [-0.3, -0.25) is 4.79 Å². The molecule has 7 heteroatoms. The van der Waals surface area contributed by atoms with Crippen molar-refractivity contribution >= 4 is 27.4 Å². The van der Waals surface area contributed by atoms with Gasteiger partial charge in [0.15, 0.2) is 5.82 Å². The summed E-state index contributed by atoms with van der Waals surface area (Å²) in [5.41, 5.74) is 5.86. The van der Waals surface area contributed by atoms with E-state index in [0.29, 0.717) is 35.5 Å². The molecule has 1 aromatic heterocycles. The molecular weight excluding hydrogens is 327 g/mol. The van der Waals surface area contributed by atoms with E-state index < -0.39 is 0 Å². The third-order valence-corrected chi connectivity index (χ3v) is 3.45. The summed E-state index contributed by atoms with van der Waals surface area (Å²) in [5.74, 6) is 0.0917.